The Bertz CT molecular complexity index is 139. The van der Waals surface area contributed by atoms with Crippen LogP contribution in [-0.4, -0.2) is 35.4 Å². The van der Waals surface area contributed by atoms with Gasteiger partial charge in [-0.1, -0.05) is 18.2 Å². The third-order valence-corrected chi connectivity index (χ3v) is 2.07. The summed E-state index contributed by atoms with van der Waals surface area (Å²) in [4.78, 5) is 2.43. The zero-order valence-corrected chi connectivity index (χ0v) is 13.1. The minimum absolute atomic E-state index is 0. The van der Waals surface area contributed by atoms with Gasteiger partial charge in [0.2, 0.25) is 0 Å². The fourth-order valence-electron chi connectivity index (χ4n) is 1.28. The molecule has 0 radical (unpaired) electrons. The van der Waals surface area contributed by atoms with Crippen LogP contribution in [0.2, 0.25) is 0 Å². The first kappa shape index (κ1) is 17.5. The summed E-state index contributed by atoms with van der Waals surface area (Å²) in [6.45, 7) is 8.65. The Kier molecular flexibility index (Phi) is 15.1. The van der Waals surface area contributed by atoms with Crippen LogP contribution in [0.15, 0.2) is 0 Å². The van der Waals surface area contributed by atoms with Crippen molar-refractivity contribution in [1.29, 1.82) is 0 Å². The van der Waals surface area contributed by atoms with Crippen LogP contribution in [0.1, 0.15) is 26.7 Å². The molecule has 0 aromatic heterocycles. The van der Waals surface area contributed by atoms with Crippen LogP contribution in [0.4, 0.5) is 0 Å². The smallest absolute Gasteiger partial charge is 0.412 e. The summed E-state index contributed by atoms with van der Waals surface area (Å²) in [5.74, 6) is 0. The van der Waals surface area contributed by atoms with Gasteiger partial charge >= 0.3 is 29.6 Å². The predicted octanol–water partition coefficient (Wildman–Crippen LogP) is -1.47. The SMILES string of the molecule is CCCN(CCC)CCNC(=S)[S-].[Na+]. The normalized spacial score (nSPS) is 9.64. The molecular weight excluding hydrogens is 223 g/mol. The molecule has 0 aliphatic heterocycles. The number of rotatable bonds is 7. The Morgan fingerprint density at radius 2 is 1.71 bits per heavy atom. The molecule has 0 rings (SSSR count). The molecule has 0 heterocycles. The van der Waals surface area contributed by atoms with Crippen molar-refractivity contribution in [3.63, 3.8) is 0 Å². The fraction of sp³-hybridized carbons (Fsp3) is 0.889. The zero-order chi connectivity index (χ0) is 10.1. The average molecular weight is 242 g/mol. The molecule has 0 aliphatic rings. The van der Waals surface area contributed by atoms with E-state index in [4.69, 9.17) is 24.8 Å². The van der Waals surface area contributed by atoms with Crippen molar-refractivity contribution in [3.05, 3.63) is 0 Å². The summed E-state index contributed by atoms with van der Waals surface area (Å²) < 4.78 is 0.480. The van der Waals surface area contributed by atoms with E-state index in [0.29, 0.717) is 4.32 Å². The Morgan fingerprint density at radius 1 is 1.21 bits per heavy atom. The summed E-state index contributed by atoms with van der Waals surface area (Å²) in [5.41, 5.74) is 0. The van der Waals surface area contributed by atoms with Crippen LogP contribution in [0.3, 0.4) is 0 Å². The van der Waals surface area contributed by atoms with Crippen LogP contribution in [0.25, 0.3) is 0 Å². The quantitative estimate of drug-likeness (QED) is 0.333. The molecule has 0 aromatic carbocycles. The third-order valence-electron chi connectivity index (χ3n) is 1.78. The summed E-state index contributed by atoms with van der Waals surface area (Å²) in [7, 11) is 0. The Labute approximate surface area is 121 Å². The minimum atomic E-state index is 0. The molecule has 1 N–H and O–H groups in total. The second-order valence-electron chi connectivity index (χ2n) is 3.06. The predicted molar refractivity (Wildman–Crippen MR) is 65.0 cm³/mol. The van der Waals surface area contributed by atoms with Gasteiger partial charge in [-0.15, -0.1) is 0 Å². The fourth-order valence-corrected chi connectivity index (χ4v) is 1.49. The van der Waals surface area contributed by atoms with Gasteiger partial charge in [0.25, 0.3) is 0 Å². The van der Waals surface area contributed by atoms with Crippen LogP contribution in [-0.2, 0) is 12.6 Å². The van der Waals surface area contributed by atoms with Gasteiger partial charge in [0.05, 0.1) is 0 Å². The van der Waals surface area contributed by atoms with E-state index in [9.17, 15) is 0 Å². The van der Waals surface area contributed by atoms with Gasteiger partial charge in [0.15, 0.2) is 0 Å². The van der Waals surface area contributed by atoms with Gasteiger partial charge < -0.3 is 35.1 Å². The van der Waals surface area contributed by atoms with Crippen molar-refractivity contribution >= 4 is 29.2 Å². The van der Waals surface area contributed by atoms with E-state index in [1.165, 1.54) is 25.9 Å². The maximum absolute atomic E-state index is 4.76. The molecule has 2 nitrogen and oxygen atoms in total. The maximum atomic E-state index is 4.76. The van der Waals surface area contributed by atoms with Crippen LogP contribution in [0, 0.1) is 0 Å². The van der Waals surface area contributed by atoms with Crippen molar-refractivity contribution in [2.24, 2.45) is 0 Å². The Morgan fingerprint density at radius 3 is 2.07 bits per heavy atom. The first-order valence-electron chi connectivity index (χ1n) is 4.87. The van der Waals surface area contributed by atoms with Gasteiger partial charge in [-0.05, 0) is 25.9 Å². The maximum Gasteiger partial charge on any atom is 1.00 e. The summed E-state index contributed by atoms with van der Waals surface area (Å²) in [5, 5.41) is 3.00. The summed E-state index contributed by atoms with van der Waals surface area (Å²) >= 11 is 9.52. The van der Waals surface area contributed by atoms with Crippen molar-refractivity contribution < 1.29 is 29.6 Å². The topological polar surface area (TPSA) is 15.3 Å². The summed E-state index contributed by atoms with van der Waals surface area (Å²) in [6, 6.07) is 0. The van der Waals surface area contributed by atoms with Gasteiger partial charge in [-0.2, -0.15) is 0 Å². The largest absolute Gasteiger partial charge is 1.00 e. The molecule has 14 heavy (non-hydrogen) atoms. The molecule has 0 amide bonds. The molecule has 0 fully saturated rings. The summed E-state index contributed by atoms with van der Waals surface area (Å²) in [6.07, 6.45) is 2.41. The minimum Gasteiger partial charge on any atom is -0.412 e. The van der Waals surface area contributed by atoms with Gasteiger partial charge in [0.1, 0.15) is 0 Å². The van der Waals surface area contributed by atoms with E-state index < -0.39 is 0 Å². The molecule has 0 spiro atoms. The van der Waals surface area contributed by atoms with Crippen molar-refractivity contribution in [2.45, 2.75) is 26.7 Å². The van der Waals surface area contributed by atoms with Crippen molar-refractivity contribution in [2.75, 3.05) is 26.2 Å². The molecule has 0 bridgehead atoms. The molecule has 0 aliphatic carbocycles. The zero-order valence-electron chi connectivity index (χ0n) is 9.51. The molecular formula is C9H19N2NaS2. The Balaban J connectivity index is 0. The van der Waals surface area contributed by atoms with E-state index in [2.05, 4.69) is 24.1 Å². The van der Waals surface area contributed by atoms with Gasteiger partial charge in [-0.25, -0.2) is 0 Å². The second kappa shape index (κ2) is 12.1. The second-order valence-corrected chi connectivity index (χ2v) is 4.13. The van der Waals surface area contributed by atoms with Crippen molar-refractivity contribution in [1.82, 2.24) is 10.2 Å². The van der Waals surface area contributed by atoms with Crippen LogP contribution < -0.4 is 34.9 Å². The van der Waals surface area contributed by atoms with E-state index in [1.807, 2.05) is 0 Å². The molecule has 0 unspecified atom stereocenters. The van der Waals surface area contributed by atoms with Gasteiger partial charge in [0, 0.05) is 13.1 Å². The first-order chi connectivity index (χ1) is 6.20. The number of nitrogens with zero attached hydrogens (tertiary/aromatic N) is 1. The van der Waals surface area contributed by atoms with Gasteiger partial charge in [-0.3, -0.25) is 0 Å². The van der Waals surface area contributed by atoms with E-state index in [0.717, 1.165) is 13.1 Å². The van der Waals surface area contributed by atoms with E-state index in [1.54, 1.807) is 0 Å². The molecule has 0 aromatic rings. The van der Waals surface area contributed by atoms with Crippen LogP contribution >= 0.6 is 12.2 Å². The third kappa shape index (κ3) is 11.1. The number of hydrogen-bond acceptors (Lipinski definition) is 3. The number of thiocarbonyl (C=S) groups is 1. The molecule has 78 valence electrons. The van der Waals surface area contributed by atoms with E-state index >= 15 is 0 Å². The van der Waals surface area contributed by atoms with Crippen LogP contribution in [0.5, 0.6) is 0 Å². The standard InChI is InChI=1S/C9H20N2S2.Na/c1-3-6-11(7-4-2)8-5-10-9(12)13;/h3-8H2,1-2H3,(H2,10,12,13);/q;+1/p-1. The average Bonchev–Trinajstić information content (AvgIpc) is 2.04. The monoisotopic (exact) mass is 242 g/mol. The molecule has 5 heteroatoms. The Hall–Kier alpha value is 1.07. The molecule has 0 saturated heterocycles. The van der Waals surface area contributed by atoms with Crippen molar-refractivity contribution in [3.8, 4) is 0 Å². The number of hydrogen-bond donors (Lipinski definition) is 1. The molecule has 0 atom stereocenters. The molecule has 0 saturated carbocycles. The van der Waals surface area contributed by atoms with E-state index in [-0.39, 0.29) is 29.6 Å². The number of nitrogens with one attached hydrogen (secondary N) is 1. The first-order valence-corrected chi connectivity index (χ1v) is 5.69.